The second kappa shape index (κ2) is 13.0. The van der Waals surface area contributed by atoms with Crippen molar-refractivity contribution >= 4 is 39.6 Å². The maximum absolute atomic E-state index is 14.9. The second-order valence-corrected chi connectivity index (χ2v) is 15.1. The Morgan fingerprint density at radius 2 is 1.79 bits per heavy atom. The number of likely N-dealkylation sites (tertiary alicyclic amines) is 1. The van der Waals surface area contributed by atoms with Crippen LogP contribution in [0.1, 0.15) is 80.1 Å². The predicted molar refractivity (Wildman–Crippen MR) is 165 cm³/mol. The van der Waals surface area contributed by atoms with E-state index in [2.05, 4.69) is 42.0 Å². The van der Waals surface area contributed by atoms with Gasteiger partial charge in [0.15, 0.2) is 0 Å². The summed E-state index contributed by atoms with van der Waals surface area (Å²) in [5.74, 6) is -3.13. The number of nitrogens with zero attached hydrogens (tertiary/aromatic N) is 2. The lowest BCUT2D eigenvalue weighted by Crippen LogP contribution is -2.60. The summed E-state index contributed by atoms with van der Waals surface area (Å²) in [6.45, 7) is 13.0. The monoisotopic (exact) mass is 665 g/mol. The number of carbonyl (C=O) groups excluding carboxylic acids is 4. The van der Waals surface area contributed by atoms with Crippen LogP contribution in [0.3, 0.4) is 0 Å². The number of unbranched alkanes of at least 4 members (excludes halogenated alkanes) is 2. The van der Waals surface area contributed by atoms with E-state index in [4.69, 9.17) is 9.47 Å². The summed E-state index contributed by atoms with van der Waals surface area (Å²) in [5.41, 5.74) is -2.01. The van der Waals surface area contributed by atoms with Gasteiger partial charge in [0.1, 0.15) is 29.8 Å². The number of carbonyl (C=O) groups is 4. The molecule has 6 atom stereocenters. The van der Waals surface area contributed by atoms with Gasteiger partial charge in [0.2, 0.25) is 17.7 Å². The second-order valence-electron chi connectivity index (χ2n) is 14.2. The molecule has 4 aliphatic heterocycles. The molecule has 0 saturated carbocycles. The van der Waals surface area contributed by atoms with Crippen molar-refractivity contribution in [2.45, 2.75) is 109 Å². The minimum atomic E-state index is -1.33. The molecule has 10 nitrogen and oxygen atoms in total. The molecule has 0 aromatic carbocycles. The van der Waals surface area contributed by atoms with E-state index in [1.54, 1.807) is 11.8 Å². The zero-order valence-electron chi connectivity index (χ0n) is 26.4. The first-order valence-electron chi connectivity index (χ1n) is 15.5. The number of aliphatic hydroxyl groups excluding tert-OH is 1. The maximum Gasteiger partial charge on any atom is 0.313 e. The van der Waals surface area contributed by atoms with Crippen molar-refractivity contribution in [3.8, 4) is 0 Å². The summed E-state index contributed by atoms with van der Waals surface area (Å²) in [4.78, 5) is 58.8. The highest BCUT2D eigenvalue weighted by Crippen LogP contribution is 2.59. The number of allylic oxidation sites excluding steroid dienone is 1. The summed E-state index contributed by atoms with van der Waals surface area (Å²) in [5, 5.41) is 12.1. The van der Waals surface area contributed by atoms with E-state index in [1.807, 2.05) is 37.0 Å². The lowest BCUT2D eigenvalue weighted by Gasteiger charge is -2.45. The van der Waals surface area contributed by atoms with Gasteiger partial charge < -0.3 is 29.7 Å². The zero-order chi connectivity index (χ0) is 31.7. The standard InChI is InChI=1S/C32H48BrN3O7/c1-20-18-34-22(38)13-9-7-11-15-36(31(5,6)19-30(2,3)4)28(40)26-32-17-21(33)25(43-32)23(29(41)42-20)24(32)27(39)35(26)14-10-8-12-16-37/h7,11,17,20,23-26,37H,8-10,12-16,18-19H2,1-6H3,(H,34,38)/b11-7-/t20-,23+,24-,25+,26+,32-/m0/s1. The third-order valence-corrected chi connectivity index (χ3v) is 9.53. The number of hydrogen-bond acceptors (Lipinski definition) is 7. The Morgan fingerprint density at radius 1 is 1.07 bits per heavy atom. The summed E-state index contributed by atoms with van der Waals surface area (Å²) in [6, 6.07) is -0.974. The molecular weight excluding hydrogens is 618 g/mol. The van der Waals surface area contributed by atoms with Crippen LogP contribution in [0.15, 0.2) is 22.7 Å². The molecule has 2 N–H and O–H groups in total. The number of hydrogen-bond donors (Lipinski definition) is 2. The predicted octanol–water partition coefficient (Wildman–Crippen LogP) is 3.46. The van der Waals surface area contributed by atoms with Crippen molar-refractivity contribution < 1.29 is 33.8 Å². The minimum absolute atomic E-state index is 0.0526. The highest BCUT2D eigenvalue weighted by Gasteiger charge is 2.75. The molecule has 0 radical (unpaired) electrons. The Labute approximate surface area is 263 Å². The van der Waals surface area contributed by atoms with Crippen LogP contribution in [0.5, 0.6) is 0 Å². The fraction of sp³-hybridized carbons (Fsp3) is 0.750. The van der Waals surface area contributed by atoms with Gasteiger partial charge in [-0.2, -0.15) is 0 Å². The smallest absolute Gasteiger partial charge is 0.313 e. The Kier molecular flexibility index (Phi) is 10.2. The highest BCUT2D eigenvalue weighted by molar-refractivity contribution is 9.11. The van der Waals surface area contributed by atoms with Crippen molar-refractivity contribution in [3.63, 3.8) is 0 Å². The number of halogens is 1. The molecule has 4 heterocycles. The maximum atomic E-state index is 14.9. The number of ether oxygens (including phenoxy) is 2. The molecule has 0 unspecified atom stereocenters. The Balaban J connectivity index is 1.82. The number of aliphatic hydroxyl groups is 1. The molecule has 11 heteroatoms. The van der Waals surface area contributed by atoms with Crippen molar-refractivity contribution in [3.05, 3.63) is 22.7 Å². The van der Waals surface area contributed by atoms with Gasteiger partial charge in [0.25, 0.3) is 0 Å². The SMILES string of the molecule is C[C@H]1CNC(=O)CC/C=C\CN(C(C)(C)CC(C)(C)C)C(=O)[C@H]2N(CCCCCO)C(=O)[C@@H]3[C@@H](C(=O)O1)[C@@H]1O[C@@]32C=C1Br. The molecule has 0 aliphatic carbocycles. The fourth-order valence-electron chi connectivity index (χ4n) is 7.43. The molecule has 1 spiro atoms. The number of fused-ring (bicyclic) bond motifs is 2. The van der Waals surface area contributed by atoms with Gasteiger partial charge >= 0.3 is 5.97 Å². The normalized spacial score (nSPS) is 32.9. The number of esters is 1. The highest BCUT2D eigenvalue weighted by atomic mass is 79.9. The van der Waals surface area contributed by atoms with Crippen LogP contribution in [0.4, 0.5) is 0 Å². The molecule has 3 amide bonds. The van der Waals surface area contributed by atoms with E-state index >= 15 is 0 Å². The summed E-state index contributed by atoms with van der Waals surface area (Å²) in [7, 11) is 0. The van der Waals surface area contributed by atoms with Crippen molar-refractivity contribution in [2.24, 2.45) is 17.3 Å². The van der Waals surface area contributed by atoms with Crippen LogP contribution in [0, 0.1) is 17.3 Å². The average molecular weight is 667 g/mol. The fourth-order valence-corrected chi connectivity index (χ4v) is 8.17. The molecule has 43 heavy (non-hydrogen) atoms. The molecule has 2 saturated heterocycles. The van der Waals surface area contributed by atoms with Gasteiger partial charge in [-0.15, -0.1) is 0 Å². The molecule has 4 aliphatic rings. The first-order valence-corrected chi connectivity index (χ1v) is 16.3. The zero-order valence-corrected chi connectivity index (χ0v) is 27.9. The molecule has 4 rings (SSSR count). The van der Waals surface area contributed by atoms with Crippen LogP contribution in [0.2, 0.25) is 0 Å². The van der Waals surface area contributed by atoms with E-state index in [0.717, 1.165) is 0 Å². The third-order valence-electron chi connectivity index (χ3n) is 8.85. The summed E-state index contributed by atoms with van der Waals surface area (Å²) >= 11 is 3.59. The van der Waals surface area contributed by atoms with Crippen molar-refractivity contribution in [1.82, 2.24) is 15.1 Å². The van der Waals surface area contributed by atoms with Gasteiger partial charge in [0, 0.05) is 36.1 Å². The van der Waals surface area contributed by atoms with E-state index < -0.39 is 47.2 Å². The van der Waals surface area contributed by atoms with Gasteiger partial charge in [-0.1, -0.05) is 48.9 Å². The third kappa shape index (κ3) is 6.88. The summed E-state index contributed by atoms with van der Waals surface area (Å²) < 4.78 is 13.0. The lowest BCUT2D eigenvalue weighted by atomic mass is 9.74. The van der Waals surface area contributed by atoms with E-state index in [0.29, 0.717) is 49.7 Å². The minimum Gasteiger partial charge on any atom is -0.460 e. The van der Waals surface area contributed by atoms with Crippen LogP contribution in [-0.2, 0) is 28.7 Å². The molecule has 0 aromatic rings. The lowest BCUT2D eigenvalue weighted by molar-refractivity contribution is -0.159. The van der Waals surface area contributed by atoms with Gasteiger partial charge in [0.05, 0.1) is 12.5 Å². The Hall–Kier alpha value is -2.24. The van der Waals surface area contributed by atoms with Gasteiger partial charge in [-0.25, -0.2) is 0 Å². The molecule has 5 bridgehead atoms. The first-order chi connectivity index (χ1) is 20.1. The van der Waals surface area contributed by atoms with Crippen LogP contribution in [-0.4, -0.2) is 94.2 Å². The first kappa shape index (κ1) is 33.6. The molecular formula is C32H48BrN3O7. The number of nitrogens with one attached hydrogen (secondary N) is 1. The van der Waals surface area contributed by atoms with E-state index in [1.165, 1.54) is 0 Å². The number of cyclic esters (lactones) is 1. The van der Waals surface area contributed by atoms with Gasteiger partial charge in [-0.05, 0) is 64.4 Å². The summed E-state index contributed by atoms with van der Waals surface area (Å²) in [6.07, 6.45) is 7.65. The van der Waals surface area contributed by atoms with E-state index in [9.17, 15) is 24.3 Å². The van der Waals surface area contributed by atoms with Crippen molar-refractivity contribution in [1.29, 1.82) is 0 Å². The van der Waals surface area contributed by atoms with Crippen LogP contribution >= 0.6 is 15.9 Å². The van der Waals surface area contributed by atoms with Crippen molar-refractivity contribution in [2.75, 3.05) is 26.2 Å². The molecule has 240 valence electrons. The van der Waals surface area contributed by atoms with Crippen LogP contribution in [0.25, 0.3) is 0 Å². The number of rotatable bonds is 7. The largest absolute Gasteiger partial charge is 0.460 e. The van der Waals surface area contributed by atoms with E-state index in [-0.39, 0.29) is 42.7 Å². The molecule has 0 aromatic heterocycles. The topological polar surface area (TPSA) is 125 Å². The Morgan fingerprint density at radius 3 is 2.47 bits per heavy atom. The average Bonchev–Trinajstić information content (AvgIpc) is 3.48. The molecule has 2 fully saturated rings. The quantitative estimate of drug-likeness (QED) is 0.242. The van der Waals surface area contributed by atoms with Gasteiger partial charge in [-0.3, -0.25) is 19.2 Å². The Bertz CT molecular complexity index is 1160. The number of amides is 3. The van der Waals surface area contributed by atoms with Crippen LogP contribution < -0.4 is 5.32 Å².